The molecule has 0 aromatic carbocycles. The number of hydrogen-bond acceptors (Lipinski definition) is 1. The van der Waals surface area contributed by atoms with Crippen LogP contribution in [0.15, 0.2) is 0 Å². The number of rotatable bonds is 6. The van der Waals surface area contributed by atoms with Crippen LogP contribution in [-0.4, -0.2) is 12.6 Å². The molecule has 0 aromatic rings. The Kier molecular flexibility index (Phi) is 6.01. The van der Waals surface area contributed by atoms with Crippen LogP contribution in [0, 0.1) is 17.8 Å². The largest absolute Gasteiger partial charge is 0.313 e. The molecule has 2 aliphatic carbocycles. The second kappa shape index (κ2) is 7.53. The fourth-order valence-corrected chi connectivity index (χ4v) is 4.33. The Bertz CT molecular complexity index is 220. The van der Waals surface area contributed by atoms with Gasteiger partial charge in [-0.3, -0.25) is 0 Å². The Morgan fingerprint density at radius 1 is 0.944 bits per heavy atom. The maximum Gasteiger partial charge on any atom is 0.0124 e. The van der Waals surface area contributed by atoms with Crippen molar-refractivity contribution in [2.75, 3.05) is 6.54 Å². The fourth-order valence-electron chi connectivity index (χ4n) is 4.33. The van der Waals surface area contributed by atoms with E-state index >= 15 is 0 Å². The van der Waals surface area contributed by atoms with E-state index in [-0.39, 0.29) is 0 Å². The lowest BCUT2D eigenvalue weighted by Gasteiger charge is -2.35. The molecule has 0 spiro atoms. The normalized spacial score (nSPS) is 31.7. The van der Waals surface area contributed by atoms with Crippen molar-refractivity contribution in [3.05, 3.63) is 0 Å². The standard InChI is InChI=1S/C17H33N/c1-3-12-18-17(15-8-6-5-7-9-15)16-11-10-14(4-2)13-16/h14-18H,3-13H2,1-2H3. The van der Waals surface area contributed by atoms with Gasteiger partial charge in [0, 0.05) is 6.04 Å². The zero-order valence-corrected chi connectivity index (χ0v) is 12.6. The lowest BCUT2D eigenvalue weighted by atomic mass is 9.77. The van der Waals surface area contributed by atoms with Gasteiger partial charge in [-0.1, -0.05) is 46.0 Å². The highest BCUT2D eigenvalue weighted by Crippen LogP contribution is 2.40. The maximum absolute atomic E-state index is 3.93. The van der Waals surface area contributed by atoms with Gasteiger partial charge in [-0.05, 0) is 56.4 Å². The van der Waals surface area contributed by atoms with Crippen LogP contribution in [0.4, 0.5) is 0 Å². The van der Waals surface area contributed by atoms with Gasteiger partial charge in [0.15, 0.2) is 0 Å². The van der Waals surface area contributed by atoms with Crippen LogP contribution in [0.25, 0.3) is 0 Å². The molecule has 18 heavy (non-hydrogen) atoms. The SMILES string of the molecule is CCCNC(C1CCCCC1)C1CCC(CC)C1. The zero-order valence-electron chi connectivity index (χ0n) is 12.6. The van der Waals surface area contributed by atoms with Crippen molar-refractivity contribution in [2.45, 2.75) is 84.1 Å². The smallest absolute Gasteiger partial charge is 0.0124 e. The molecular formula is C17H33N. The molecule has 0 saturated heterocycles. The first kappa shape index (κ1) is 14.4. The van der Waals surface area contributed by atoms with Crippen LogP contribution < -0.4 is 5.32 Å². The Morgan fingerprint density at radius 3 is 2.33 bits per heavy atom. The second-order valence-electron chi connectivity index (χ2n) is 6.73. The molecule has 1 heteroatoms. The van der Waals surface area contributed by atoms with E-state index in [9.17, 15) is 0 Å². The summed E-state index contributed by atoms with van der Waals surface area (Å²) in [5, 5.41) is 3.93. The summed E-state index contributed by atoms with van der Waals surface area (Å²) in [6.45, 7) is 5.91. The average molecular weight is 251 g/mol. The summed E-state index contributed by atoms with van der Waals surface area (Å²) in [5.41, 5.74) is 0. The maximum atomic E-state index is 3.93. The van der Waals surface area contributed by atoms with Gasteiger partial charge in [0.2, 0.25) is 0 Å². The third-order valence-corrected chi connectivity index (χ3v) is 5.45. The molecule has 0 heterocycles. The van der Waals surface area contributed by atoms with Crippen LogP contribution >= 0.6 is 0 Å². The van der Waals surface area contributed by atoms with Gasteiger partial charge in [-0.2, -0.15) is 0 Å². The van der Waals surface area contributed by atoms with E-state index in [4.69, 9.17) is 0 Å². The molecule has 2 saturated carbocycles. The summed E-state index contributed by atoms with van der Waals surface area (Å²) in [5.74, 6) is 3.01. The van der Waals surface area contributed by atoms with Crippen LogP contribution in [0.2, 0.25) is 0 Å². The molecule has 2 rings (SSSR count). The first-order chi connectivity index (χ1) is 8.85. The van der Waals surface area contributed by atoms with Crippen molar-refractivity contribution in [3.63, 3.8) is 0 Å². The molecular weight excluding hydrogens is 218 g/mol. The van der Waals surface area contributed by atoms with Crippen LogP contribution in [0.1, 0.15) is 78.1 Å². The molecule has 0 aliphatic heterocycles. The highest BCUT2D eigenvalue weighted by atomic mass is 14.9. The lowest BCUT2D eigenvalue weighted by Crippen LogP contribution is -2.42. The van der Waals surface area contributed by atoms with Crippen LogP contribution in [0.5, 0.6) is 0 Å². The van der Waals surface area contributed by atoms with E-state index in [2.05, 4.69) is 19.2 Å². The Balaban J connectivity index is 1.91. The molecule has 3 unspecified atom stereocenters. The van der Waals surface area contributed by atoms with Crippen molar-refractivity contribution in [1.82, 2.24) is 5.32 Å². The minimum Gasteiger partial charge on any atom is -0.313 e. The van der Waals surface area contributed by atoms with Crippen molar-refractivity contribution in [3.8, 4) is 0 Å². The molecule has 0 amide bonds. The zero-order chi connectivity index (χ0) is 12.8. The van der Waals surface area contributed by atoms with Gasteiger partial charge >= 0.3 is 0 Å². The Labute approximate surface area is 114 Å². The monoisotopic (exact) mass is 251 g/mol. The fraction of sp³-hybridized carbons (Fsp3) is 1.00. The minimum absolute atomic E-state index is 0.849. The molecule has 2 fully saturated rings. The average Bonchev–Trinajstić information content (AvgIpc) is 2.89. The molecule has 1 N–H and O–H groups in total. The quantitative estimate of drug-likeness (QED) is 0.717. The number of hydrogen-bond donors (Lipinski definition) is 1. The van der Waals surface area contributed by atoms with E-state index in [1.54, 1.807) is 0 Å². The minimum atomic E-state index is 0.849. The van der Waals surface area contributed by atoms with Gasteiger partial charge in [0.1, 0.15) is 0 Å². The van der Waals surface area contributed by atoms with E-state index in [0.29, 0.717) is 0 Å². The van der Waals surface area contributed by atoms with E-state index < -0.39 is 0 Å². The van der Waals surface area contributed by atoms with E-state index in [1.807, 2.05) is 0 Å². The highest BCUT2D eigenvalue weighted by molar-refractivity contribution is 4.89. The summed E-state index contributed by atoms with van der Waals surface area (Å²) in [4.78, 5) is 0. The molecule has 106 valence electrons. The van der Waals surface area contributed by atoms with Gasteiger partial charge in [0.05, 0.1) is 0 Å². The van der Waals surface area contributed by atoms with Crippen molar-refractivity contribution >= 4 is 0 Å². The van der Waals surface area contributed by atoms with E-state index in [1.165, 1.54) is 70.8 Å². The third kappa shape index (κ3) is 3.73. The Morgan fingerprint density at radius 2 is 1.72 bits per heavy atom. The third-order valence-electron chi connectivity index (χ3n) is 5.45. The van der Waals surface area contributed by atoms with Gasteiger partial charge in [-0.15, -0.1) is 0 Å². The van der Waals surface area contributed by atoms with Crippen molar-refractivity contribution in [2.24, 2.45) is 17.8 Å². The molecule has 3 atom stereocenters. The van der Waals surface area contributed by atoms with Crippen molar-refractivity contribution < 1.29 is 0 Å². The molecule has 0 bridgehead atoms. The van der Waals surface area contributed by atoms with Crippen molar-refractivity contribution in [1.29, 1.82) is 0 Å². The van der Waals surface area contributed by atoms with Crippen LogP contribution in [0.3, 0.4) is 0 Å². The molecule has 0 radical (unpaired) electrons. The van der Waals surface area contributed by atoms with Gasteiger partial charge < -0.3 is 5.32 Å². The first-order valence-electron chi connectivity index (χ1n) is 8.58. The van der Waals surface area contributed by atoms with E-state index in [0.717, 1.165) is 23.8 Å². The summed E-state index contributed by atoms with van der Waals surface area (Å²) >= 11 is 0. The topological polar surface area (TPSA) is 12.0 Å². The summed E-state index contributed by atoms with van der Waals surface area (Å²) in [6.07, 6.45) is 14.6. The van der Waals surface area contributed by atoms with Gasteiger partial charge in [-0.25, -0.2) is 0 Å². The first-order valence-corrected chi connectivity index (χ1v) is 8.58. The predicted molar refractivity (Wildman–Crippen MR) is 79.8 cm³/mol. The molecule has 0 aromatic heterocycles. The molecule has 2 aliphatic rings. The van der Waals surface area contributed by atoms with Gasteiger partial charge in [0.25, 0.3) is 0 Å². The summed E-state index contributed by atoms with van der Waals surface area (Å²) in [7, 11) is 0. The predicted octanol–water partition coefficient (Wildman–Crippen LogP) is 4.76. The number of nitrogens with one attached hydrogen (secondary N) is 1. The highest BCUT2D eigenvalue weighted by Gasteiger charge is 2.34. The molecule has 1 nitrogen and oxygen atoms in total. The second-order valence-corrected chi connectivity index (χ2v) is 6.73. The van der Waals surface area contributed by atoms with Crippen LogP contribution in [-0.2, 0) is 0 Å². The summed E-state index contributed by atoms with van der Waals surface area (Å²) in [6, 6.07) is 0.849. The Hall–Kier alpha value is -0.0400. The summed E-state index contributed by atoms with van der Waals surface area (Å²) < 4.78 is 0. The lowest BCUT2D eigenvalue weighted by molar-refractivity contribution is 0.204.